The van der Waals surface area contributed by atoms with E-state index in [0.717, 1.165) is 22.3 Å². The Morgan fingerprint density at radius 2 is 0.820 bits per heavy atom. The number of hydrogen-bond acceptors (Lipinski definition) is 3. The van der Waals surface area contributed by atoms with Crippen LogP contribution in [-0.4, -0.2) is 15.0 Å². The van der Waals surface area contributed by atoms with Gasteiger partial charge in [-0.3, -0.25) is 0 Å². The first-order valence-electron chi connectivity index (χ1n) is 20.9. The minimum Gasteiger partial charge on any atom is -0.208 e. The zero-order valence-corrected chi connectivity index (χ0v) is 33.2. The van der Waals surface area contributed by atoms with Gasteiger partial charge in [0.05, 0.1) is 5.41 Å². The number of benzene rings is 10. The average molecular weight is 776 g/mol. The van der Waals surface area contributed by atoms with Gasteiger partial charge in [-0.1, -0.05) is 218 Å². The van der Waals surface area contributed by atoms with Gasteiger partial charge in [-0.2, -0.15) is 0 Å². The number of nitrogens with zero attached hydrogens (tertiary/aromatic N) is 3. The van der Waals surface area contributed by atoms with Gasteiger partial charge in [0.1, 0.15) is 0 Å². The van der Waals surface area contributed by atoms with Crippen molar-refractivity contribution >= 4 is 32.3 Å². The Balaban J connectivity index is 1.09. The lowest BCUT2D eigenvalue weighted by Gasteiger charge is -2.35. The molecular weight excluding hydrogens is 739 g/mol. The number of aromatic nitrogens is 3. The van der Waals surface area contributed by atoms with Crippen LogP contribution in [-0.2, 0) is 5.41 Å². The van der Waals surface area contributed by atoms with Gasteiger partial charge in [0.15, 0.2) is 17.5 Å². The third-order valence-electron chi connectivity index (χ3n) is 12.6. The topological polar surface area (TPSA) is 38.7 Å². The summed E-state index contributed by atoms with van der Waals surface area (Å²) in [4.78, 5) is 16.0. The third kappa shape index (κ3) is 5.48. The fourth-order valence-electron chi connectivity index (χ4n) is 9.96. The Bertz CT molecular complexity index is 3410. The Morgan fingerprint density at radius 1 is 0.311 bits per heavy atom. The highest BCUT2D eigenvalue weighted by molar-refractivity contribution is 6.22. The van der Waals surface area contributed by atoms with E-state index in [1.54, 1.807) is 0 Å². The van der Waals surface area contributed by atoms with Gasteiger partial charge >= 0.3 is 0 Å². The maximum absolute atomic E-state index is 5.41. The molecular formula is C58H37N3. The molecule has 1 heterocycles. The van der Waals surface area contributed by atoms with Crippen LogP contribution in [0, 0.1) is 0 Å². The van der Waals surface area contributed by atoms with E-state index in [1.165, 1.54) is 71.3 Å². The van der Waals surface area contributed by atoms with Crippen molar-refractivity contribution in [3.8, 4) is 56.4 Å². The van der Waals surface area contributed by atoms with Crippen molar-refractivity contribution in [3.63, 3.8) is 0 Å². The molecule has 3 heteroatoms. The first-order chi connectivity index (χ1) is 30.3. The van der Waals surface area contributed by atoms with Gasteiger partial charge in [0.2, 0.25) is 0 Å². The first-order valence-corrected chi connectivity index (χ1v) is 20.9. The second-order valence-corrected chi connectivity index (χ2v) is 15.9. The highest BCUT2D eigenvalue weighted by atomic mass is 15.0. The van der Waals surface area contributed by atoms with Gasteiger partial charge in [-0.25, -0.2) is 15.0 Å². The summed E-state index contributed by atoms with van der Waals surface area (Å²) >= 11 is 0. The fraction of sp³-hybridized carbons (Fsp3) is 0.0172. The fourth-order valence-corrected chi connectivity index (χ4v) is 9.96. The van der Waals surface area contributed by atoms with Gasteiger partial charge in [-0.05, 0) is 82.9 Å². The molecule has 0 bridgehead atoms. The van der Waals surface area contributed by atoms with Crippen LogP contribution in [0.1, 0.15) is 22.3 Å². The Morgan fingerprint density at radius 3 is 1.54 bits per heavy atom. The van der Waals surface area contributed by atoms with Gasteiger partial charge < -0.3 is 0 Å². The molecule has 0 fully saturated rings. The molecule has 12 rings (SSSR count). The van der Waals surface area contributed by atoms with Crippen LogP contribution >= 0.6 is 0 Å². The Labute approximate surface area is 354 Å². The van der Waals surface area contributed by atoms with E-state index in [9.17, 15) is 0 Å². The molecule has 0 aliphatic heterocycles. The summed E-state index contributed by atoms with van der Waals surface area (Å²) in [6.07, 6.45) is 0. The quantitative estimate of drug-likeness (QED) is 0.125. The van der Waals surface area contributed by atoms with E-state index in [4.69, 9.17) is 15.0 Å². The SMILES string of the molecule is c1ccc(-c2nc(-c3ccc(-c4c5ccccc5cc5ccc6ccccc6c45)cc3)nc(-c3cccc4c3C(c3ccccc3)(c3ccccc3)c3ccccc3-4)n2)cc1. The van der Waals surface area contributed by atoms with Crippen molar-refractivity contribution in [3.05, 3.63) is 247 Å². The summed E-state index contributed by atoms with van der Waals surface area (Å²) in [7, 11) is 0. The van der Waals surface area contributed by atoms with Gasteiger partial charge in [0.25, 0.3) is 0 Å². The standard InChI is InChI=1S/C58H37N3/c1-4-18-40(19-5-1)55-59-56(41-34-32-39(33-35-41)52-47-26-13-11-20-42(47)37-43-36-31-38-17-10-12-25-46(38)53(43)52)61-57(60-55)50-29-16-28-49-48-27-14-15-30-51(48)58(54(49)50,44-21-6-2-7-22-44)45-23-8-3-9-24-45/h1-37H. The normalized spacial score (nSPS) is 12.7. The summed E-state index contributed by atoms with van der Waals surface area (Å²) in [6, 6.07) is 80.5. The van der Waals surface area contributed by atoms with Crippen LogP contribution in [0.3, 0.4) is 0 Å². The highest BCUT2D eigenvalue weighted by Gasteiger charge is 2.47. The first kappa shape index (κ1) is 35.0. The van der Waals surface area contributed by atoms with E-state index >= 15 is 0 Å². The molecule has 1 aromatic heterocycles. The molecule has 10 aromatic carbocycles. The molecule has 0 radical (unpaired) electrons. The average Bonchev–Trinajstić information content (AvgIpc) is 3.65. The number of hydrogen-bond donors (Lipinski definition) is 0. The van der Waals surface area contributed by atoms with Crippen molar-refractivity contribution in [1.29, 1.82) is 0 Å². The largest absolute Gasteiger partial charge is 0.208 e. The lowest BCUT2D eigenvalue weighted by atomic mass is 9.66. The lowest BCUT2D eigenvalue weighted by molar-refractivity contribution is 0.769. The molecule has 0 spiro atoms. The molecule has 1 aliphatic rings. The minimum absolute atomic E-state index is 0.613. The molecule has 1 aliphatic carbocycles. The molecule has 0 saturated carbocycles. The van der Waals surface area contributed by atoms with Crippen LogP contribution in [0.2, 0.25) is 0 Å². The monoisotopic (exact) mass is 775 g/mol. The zero-order chi connectivity index (χ0) is 40.3. The maximum Gasteiger partial charge on any atom is 0.164 e. The predicted octanol–water partition coefficient (Wildman–Crippen LogP) is 14.4. The summed E-state index contributed by atoms with van der Waals surface area (Å²) < 4.78 is 0. The van der Waals surface area contributed by atoms with E-state index in [1.807, 2.05) is 18.2 Å². The number of fused-ring (bicyclic) bond motifs is 7. The molecule has 11 aromatic rings. The molecule has 3 nitrogen and oxygen atoms in total. The second-order valence-electron chi connectivity index (χ2n) is 15.9. The van der Waals surface area contributed by atoms with Crippen molar-refractivity contribution in [2.75, 3.05) is 0 Å². The molecule has 0 N–H and O–H groups in total. The Kier molecular flexibility index (Phi) is 8.07. The molecule has 0 saturated heterocycles. The van der Waals surface area contributed by atoms with Crippen molar-refractivity contribution in [2.45, 2.75) is 5.41 Å². The van der Waals surface area contributed by atoms with Crippen LogP contribution < -0.4 is 0 Å². The lowest BCUT2D eigenvalue weighted by Crippen LogP contribution is -2.29. The smallest absolute Gasteiger partial charge is 0.164 e. The molecule has 0 amide bonds. The summed E-state index contributed by atoms with van der Waals surface area (Å²) in [5, 5.41) is 7.42. The minimum atomic E-state index is -0.613. The molecule has 0 atom stereocenters. The van der Waals surface area contributed by atoms with Crippen molar-refractivity contribution in [1.82, 2.24) is 15.0 Å². The summed E-state index contributed by atoms with van der Waals surface area (Å²) in [5.41, 5.74) is 11.8. The van der Waals surface area contributed by atoms with Gasteiger partial charge in [0, 0.05) is 16.7 Å². The van der Waals surface area contributed by atoms with Crippen molar-refractivity contribution in [2.24, 2.45) is 0 Å². The predicted molar refractivity (Wildman–Crippen MR) is 251 cm³/mol. The highest BCUT2D eigenvalue weighted by Crippen LogP contribution is 2.58. The van der Waals surface area contributed by atoms with Crippen LogP contribution in [0.4, 0.5) is 0 Å². The number of rotatable bonds is 6. The second kappa shape index (κ2) is 14.1. The molecule has 284 valence electrons. The van der Waals surface area contributed by atoms with E-state index in [-0.39, 0.29) is 0 Å². The maximum atomic E-state index is 5.41. The van der Waals surface area contributed by atoms with Crippen LogP contribution in [0.15, 0.2) is 224 Å². The summed E-state index contributed by atoms with van der Waals surface area (Å²) in [6.45, 7) is 0. The van der Waals surface area contributed by atoms with E-state index < -0.39 is 5.41 Å². The summed E-state index contributed by atoms with van der Waals surface area (Å²) in [5.74, 6) is 1.90. The van der Waals surface area contributed by atoms with E-state index in [2.05, 4.69) is 206 Å². The Hall–Kier alpha value is -8.01. The van der Waals surface area contributed by atoms with Gasteiger partial charge in [-0.15, -0.1) is 0 Å². The molecule has 61 heavy (non-hydrogen) atoms. The van der Waals surface area contributed by atoms with Crippen molar-refractivity contribution < 1.29 is 0 Å². The van der Waals surface area contributed by atoms with Crippen LogP contribution in [0.25, 0.3) is 88.7 Å². The molecule has 0 unspecified atom stereocenters. The van der Waals surface area contributed by atoms with Crippen LogP contribution in [0.5, 0.6) is 0 Å². The van der Waals surface area contributed by atoms with E-state index in [0.29, 0.717) is 17.5 Å². The zero-order valence-electron chi connectivity index (χ0n) is 33.2. The third-order valence-corrected chi connectivity index (χ3v) is 12.6.